The lowest BCUT2D eigenvalue weighted by molar-refractivity contribution is 0.00911. The van der Waals surface area contributed by atoms with Crippen LogP contribution in [0, 0.1) is 30.6 Å². The highest BCUT2D eigenvalue weighted by Gasteiger charge is 2.56. The number of halogens is 3. The number of nitrogens with one attached hydrogen (secondary N) is 4. The number of aryl methyl sites for hydroxylation is 1. The summed E-state index contributed by atoms with van der Waals surface area (Å²) in [6.07, 6.45) is 12.3. The summed E-state index contributed by atoms with van der Waals surface area (Å²) in [5, 5.41) is 9.31. The average molecular weight is 614 g/mol. The lowest BCUT2D eigenvalue weighted by atomic mass is 9.95. The van der Waals surface area contributed by atoms with Gasteiger partial charge in [0.1, 0.15) is 11.9 Å². The molecule has 12 heteroatoms. The summed E-state index contributed by atoms with van der Waals surface area (Å²) in [6, 6.07) is 6.17. The van der Waals surface area contributed by atoms with Gasteiger partial charge in [0.15, 0.2) is 0 Å². The second kappa shape index (κ2) is 11.6. The number of benzene rings is 1. The number of pyridine rings is 2. The number of alkyl halides is 2. The van der Waals surface area contributed by atoms with Crippen molar-refractivity contribution in [1.82, 2.24) is 35.9 Å². The first-order valence-corrected chi connectivity index (χ1v) is 14.6. The predicted octanol–water partition coefficient (Wildman–Crippen LogP) is 6.09. The normalized spacial score (nSPS) is 16.2. The van der Waals surface area contributed by atoms with Crippen LogP contribution >= 0.6 is 0 Å². The Hall–Kier alpha value is -4.89. The highest BCUT2D eigenvalue weighted by atomic mass is 19.3. The zero-order valence-electron chi connectivity index (χ0n) is 25.4. The van der Waals surface area contributed by atoms with Gasteiger partial charge in [-0.2, -0.15) is 4.39 Å². The van der Waals surface area contributed by atoms with Crippen LogP contribution in [0.15, 0.2) is 61.1 Å². The highest BCUT2D eigenvalue weighted by molar-refractivity contribution is 6.04. The fourth-order valence-electron chi connectivity index (χ4n) is 5.44. The SMILES string of the molecule is C#Cc1cnc2c(-c3cncnc3)cc(N[C@H](C3=CN(C4(C(F)F)CC4)NN3)c3ccc(F)nc3C)cc2c1NCC(C)(C)C. The molecular weight excluding hydrogens is 579 g/mol. The molecule has 1 fully saturated rings. The molecule has 1 aliphatic carbocycles. The van der Waals surface area contributed by atoms with Crippen LogP contribution in [0.2, 0.25) is 0 Å². The van der Waals surface area contributed by atoms with Gasteiger partial charge < -0.3 is 16.1 Å². The number of fused-ring (bicyclic) bond motifs is 1. The standard InChI is InChI=1S/C33H34F3N9/c1-6-20-15-39-29-24(21-13-37-18-38-14-21)11-22(12-25(29)28(20)40-17-32(3,4)5)42-30(23-7-8-27(34)41-19(23)2)26-16-45(44-43-26)33(9-10-33)31(35)36/h1,7-8,11-16,18,30-31,42-44H,9-10,17H2,2-5H3,(H,39,40)/t30-/m0/s1. The minimum atomic E-state index is -2.53. The van der Waals surface area contributed by atoms with Gasteiger partial charge in [0.25, 0.3) is 6.43 Å². The first kappa shape index (κ1) is 30.1. The molecule has 0 saturated heterocycles. The number of aromatic nitrogens is 4. The van der Waals surface area contributed by atoms with Crippen LogP contribution in [0.1, 0.15) is 56.5 Å². The van der Waals surface area contributed by atoms with E-state index in [1.807, 2.05) is 12.1 Å². The molecule has 0 bridgehead atoms. The number of rotatable bonds is 9. The summed E-state index contributed by atoms with van der Waals surface area (Å²) in [7, 11) is 0. The number of terminal acetylenes is 1. The zero-order chi connectivity index (χ0) is 31.9. The van der Waals surface area contributed by atoms with Gasteiger partial charge in [-0.3, -0.25) is 9.99 Å². The van der Waals surface area contributed by atoms with E-state index in [-0.39, 0.29) is 5.41 Å². The Bertz CT molecular complexity index is 1810. The molecule has 4 aromatic rings. The summed E-state index contributed by atoms with van der Waals surface area (Å²) in [5.74, 6) is 2.14. The van der Waals surface area contributed by atoms with Gasteiger partial charge in [-0.05, 0) is 43.4 Å². The summed E-state index contributed by atoms with van der Waals surface area (Å²) in [6.45, 7) is 8.74. The molecule has 4 heterocycles. The highest BCUT2D eigenvalue weighted by Crippen LogP contribution is 2.47. The molecule has 6 rings (SSSR count). The molecule has 4 N–H and O–H groups in total. The molecule has 9 nitrogen and oxygen atoms in total. The van der Waals surface area contributed by atoms with Crippen molar-refractivity contribution < 1.29 is 13.2 Å². The number of nitrogens with zero attached hydrogens (tertiary/aromatic N) is 5. The lowest BCUT2D eigenvalue weighted by Crippen LogP contribution is -2.48. The van der Waals surface area contributed by atoms with Crippen LogP contribution < -0.4 is 21.6 Å². The average Bonchev–Trinajstić information content (AvgIpc) is 3.68. The Morgan fingerprint density at radius 3 is 2.53 bits per heavy atom. The lowest BCUT2D eigenvalue weighted by Gasteiger charge is -2.25. The smallest absolute Gasteiger partial charge is 0.262 e. The molecule has 1 aromatic carbocycles. The van der Waals surface area contributed by atoms with Gasteiger partial charge in [-0.25, -0.2) is 23.7 Å². The van der Waals surface area contributed by atoms with E-state index in [1.54, 1.807) is 37.8 Å². The molecule has 232 valence electrons. The molecule has 1 aliphatic heterocycles. The second-order valence-electron chi connectivity index (χ2n) is 12.6. The summed E-state index contributed by atoms with van der Waals surface area (Å²) >= 11 is 0. The van der Waals surface area contributed by atoms with Gasteiger partial charge in [-0.15, -0.1) is 12.0 Å². The largest absolute Gasteiger partial charge is 0.383 e. The maximum absolute atomic E-state index is 14.1. The molecule has 1 saturated carbocycles. The third-order valence-electron chi connectivity index (χ3n) is 8.06. The van der Waals surface area contributed by atoms with Gasteiger partial charge in [0.2, 0.25) is 5.95 Å². The van der Waals surface area contributed by atoms with Gasteiger partial charge in [-0.1, -0.05) is 32.8 Å². The van der Waals surface area contributed by atoms with Crippen LogP contribution in [0.25, 0.3) is 22.0 Å². The number of hydrogen-bond donors (Lipinski definition) is 4. The Balaban J connectivity index is 1.51. The fraction of sp³-hybridized carbons (Fsp3) is 0.333. The van der Waals surface area contributed by atoms with E-state index < -0.39 is 24.0 Å². The van der Waals surface area contributed by atoms with Crippen LogP contribution in [0.3, 0.4) is 0 Å². The van der Waals surface area contributed by atoms with Crippen molar-refractivity contribution in [3.05, 3.63) is 83.8 Å². The maximum atomic E-state index is 14.1. The van der Waals surface area contributed by atoms with Gasteiger partial charge in [0, 0.05) is 64.8 Å². The quantitative estimate of drug-likeness (QED) is 0.132. The number of hydrazine groups is 2. The Morgan fingerprint density at radius 2 is 1.89 bits per heavy atom. The van der Waals surface area contributed by atoms with Crippen molar-refractivity contribution in [1.29, 1.82) is 0 Å². The molecule has 0 unspecified atom stereocenters. The van der Waals surface area contributed by atoms with E-state index in [4.69, 9.17) is 11.4 Å². The molecule has 2 aliphatic rings. The monoisotopic (exact) mass is 613 g/mol. The molecule has 0 radical (unpaired) electrons. The molecule has 3 aromatic heterocycles. The summed E-state index contributed by atoms with van der Waals surface area (Å²) in [4.78, 5) is 17.2. The summed E-state index contributed by atoms with van der Waals surface area (Å²) < 4.78 is 42.1. The van der Waals surface area contributed by atoms with Crippen LogP contribution in [0.4, 0.5) is 24.5 Å². The number of hydrogen-bond acceptors (Lipinski definition) is 9. The minimum absolute atomic E-state index is 0.0394. The first-order valence-electron chi connectivity index (χ1n) is 14.6. The Morgan fingerprint density at radius 1 is 1.13 bits per heavy atom. The Labute approximate surface area is 259 Å². The summed E-state index contributed by atoms with van der Waals surface area (Å²) in [5.41, 5.74) is 10.5. The first-order chi connectivity index (χ1) is 21.5. The third-order valence-corrected chi connectivity index (χ3v) is 8.06. The van der Waals surface area contributed by atoms with Crippen molar-refractivity contribution in [2.45, 2.75) is 58.5 Å². The van der Waals surface area contributed by atoms with Crippen molar-refractivity contribution in [2.75, 3.05) is 17.2 Å². The predicted molar refractivity (Wildman–Crippen MR) is 168 cm³/mol. The van der Waals surface area contributed by atoms with E-state index in [0.717, 1.165) is 22.2 Å². The van der Waals surface area contributed by atoms with Gasteiger partial charge >= 0.3 is 0 Å². The van der Waals surface area contributed by atoms with E-state index in [1.165, 1.54) is 17.4 Å². The maximum Gasteiger partial charge on any atom is 0.262 e. The van der Waals surface area contributed by atoms with Crippen LogP contribution in [-0.2, 0) is 0 Å². The van der Waals surface area contributed by atoms with E-state index in [0.29, 0.717) is 53.1 Å². The second-order valence-corrected chi connectivity index (χ2v) is 12.6. The van der Waals surface area contributed by atoms with Gasteiger partial charge in [0.05, 0.1) is 28.5 Å². The number of anilines is 2. The van der Waals surface area contributed by atoms with Crippen molar-refractivity contribution in [3.63, 3.8) is 0 Å². The molecule has 45 heavy (non-hydrogen) atoms. The van der Waals surface area contributed by atoms with Crippen LogP contribution in [-0.4, -0.2) is 43.5 Å². The topological polar surface area (TPSA) is 103 Å². The van der Waals surface area contributed by atoms with Crippen molar-refractivity contribution >= 4 is 22.3 Å². The zero-order valence-corrected chi connectivity index (χ0v) is 25.4. The molecule has 1 atom stereocenters. The van der Waals surface area contributed by atoms with E-state index in [2.05, 4.69) is 63.2 Å². The van der Waals surface area contributed by atoms with Crippen molar-refractivity contribution in [2.24, 2.45) is 5.41 Å². The minimum Gasteiger partial charge on any atom is -0.383 e. The molecular formula is C33H34F3N9. The third kappa shape index (κ3) is 5.95. The molecule has 0 amide bonds. The fourth-order valence-corrected chi connectivity index (χ4v) is 5.44. The molecule has 0 spiro atoms. The van der Waals surface area contributed by atoms with Crippen LogP contribution in [0.5, 0.6) is 0 Å². The Kier molecular flexibility index (Phi) is 7.74. The van der Waals surface area contributed by atoms with E-state index >= 15 is 0 Å². The van der Waals surface area contributed by atoms with E-state index in [9.17, 15) is 13.2 Å². The van der Waals surface area contributed by atoms with Crippen molar-refractivity contribution in [3.8, 4) is 23.5 Å².